The van der Waals surface area contributed by atoms with Gasteiger partial charge in [0.15, 0.2) is 0 Å². The van der Waals surface area contributed by atoms with Crippen molar-refractivity contribution >= 4 is 5.78 Å². The van der Waals surface area contributed by atoms with Crippen LogP contribution < -0.4 is 0 Å². The molecule has 2 fully saturated rings. The summed E-state index contributed by atoms with van der Waals surface area (Å²) in [5, 5.41) is 0. The zero-order chi connectivity index (χ0) is 8.98. The molecule has 0 N–H and O–H groups in total. The molecule has 0 heterocycles. The summed E-state index contributed by atoms with van der Waals surface area (Å²) in [7, 11) is 0. The van der Waals surface area contributed by atoms with Crippen LogP contribution in [0.15, 0.2) is 0 Å². The second-order valence-corrected chi connectivity index (χ2v) is 5.61. The molecule has 0 unspecified atom stereocenters. The predicted molar refractivity (Wildman–Crippen MR) is 48.9 cm³/mol. The van der Waals surface area contributed by atoms with Crippen LogP contribution in [0.2, 0.25) is 0 Å². The first-order chi connectivity index (χ1) is 5.44. The topological polar surface area (TPSA) is 17.1 Å². The van der Waals surface area contributed by atoms with Crippen LogP contribution in [0.3, 0.4) is 0 Å². The Hall–Kier alpha value is -0.330. The Morgan fingerprint density at radius 1 is 1.25 bits per heavy atom. The number of ketones is 1. The number of Topliss-reactive ketones (excluding diaryl/α,β-unsaturated/α-hetero) is 1. The molecule has 68 valence electrons. The average Bonchev–Trinajstić information content (AvgIpc) is 2.32. The van der Waals surface area contributed by atoms with Crippen molar-refractivity contribution in [3.63, 3.8) is 0 Å². The van der Waals surface area contributed by atoms with Crippen molar-refractivity contribution < 1.29 is 4.79 Å². The standard InChI is InChI=1S/C11H18O/c1-10(2)4-5-11(3)7-8(12)6-9(10)11/h9H,4-7H2,1-3H3/t9-,11-/m1/s1. The van der Waals surface area contributed by atoms with Gasteiger partial charge in [-0.25, -0.2) is 0 Å². The van der Waals surface area contributed by atoms with Gasteiger partial charge in [0.25, 0.3) is 0 Å². The Balaban J connectivity index is 2.31. The van der Waals surface area contributed by atoms with Crippen molar-refractivity contribution in [2.45, 2.75) is 46.5 Å². The lowest BCUT2D eigenvalue weighted by Crippen LogP contribution is -2.24. The van der Waals surface area contributed by atoms with E-state index in [0.717, 1.165) is 12.8 Å². The maximum Gasteiger partial charge on any atom is 0.133 e. The smallest absolute Gasteiger partial charge is 0.133 e. The fraction of sp³-hybridized carbons (Fsp3) is 0.909. The van der Waals surface area contributed by atoms with E-state index in [0.29, 0.717) is 22.5 Å². The lowest BCUT2D eigenvalue weighted by atomic mass is 9.74. The Labute approximate surface area is 74.5 Å². The van der Waals surface area contributed by atoms with Crippen molar-refractivity contribution in [3.8, 4) is 0 Å². The molecule has 2 rings (SSSR count). The highest BCUT2D eigenvalue weighted by atomic mass is 16.1. The van der Waals surface area contributed by atoms with E-state index in [4.69, 9.17) is 0 Å². The minimum atomic E-state index is 0.362. The van der Waals surface area contributed by atoms with Crippen LogP contribution in [-0.2, 0) is 4.79 Å². The summed E-state index contributed by atoms with van der Waals surface area (Å²) >= 11 is 0. The summed E-state index contributed by atoms with van der Waals surface area (Å²) in [4.78, 5) is 11.3. The summed E-state index contributed by atoms with van der Waals surface area (Å²) < 4.78 is 0. The van der Waals surface area contributed by atoms with Crippen molar-refractivity contribution in [1.29, 1.82) is 0 Å². The summed E-state index contributed by atoms with van der Waals surface area (Å²) in [6.45, 7) is 6.94. The van der Waals surface area contributed by atoms with E-state index < -0.39 is 0 Å². The Kier molecular flexibility index (Phi) is 1.47. The maximum absolute atomic E-state index is 11.3. The quantitative estimate of drug-likeness (QED) is 0.541. The van der Waals surface area contributed by atoms with Gasteiger partial charge in [-0.05, 0) is 29.6 Å². The van der Waals surface area contributed by atoms with E-state index in [1.54, 1.807) is 0 Å². The van der Waals surface area contributed by atoms with Crippen LogP contribution in [0.25, 0.3) is 0 Å². The van der Waals surface area contributed by atoms with Crippen molar-refractivity contribution in [2.75, 3.05) is 0 Å². The van der Waals surface area contributed by atoms with E-state index in [-0.39, 0.29) is 0 Å². The molecule has 0 radical (unpaired) electrons. The van der Waals surface area contributed by atoms with E-state index >= 15 is 0 Å². The van der Waals surface area contributed by atoms with E-state index in [1.807, 2.05) is 0 Å². The van der Waals surface area contributed by atoms with Gasteiger partial charge in [0.2, 0.25) is 0 Å². The predicted octanol–water partition coefficient (Wildman–Crippen LogP) is 2.79. The second kappa shape index (κ2) is 2.12. The Morgan fingerprint density at radius 2 is 1.92 bits per heavy atom. The fourth-order valence-corrected chi connectivity index (χ4v) is 3.38. The molecule has 1 nitrogen and oxygen atoms in total. The average molecular weight is 166 g/mol. The zero-order valence-corrected chi connectivity index (χ0v) is 8.31. The first kappa shape index (κ1) is 8.28. The first-order valence-corrected chi connectivity index (χ1v) is 4.96. The number of rotatable bonds is 0. The number of carbonyl (C=O) groups is 1. The van der Waals surface area contributed by atoms with Gasteiger partial charge >= 0.3 is 0 Å². The van der Waals surface area contributed by atoms with Gasteiger partial charge in [-0.1, -0.05) is 20.8 Å². The van der Waals surface area contributed by atoms with Gasteiger partial charge in [-0.15, -0.1) is 0 Å². The highest BCUT2D eigenvalue weighted by molar-refractivity contribution is 5.82. The first-order valence-electron chi connectivity index (χ1n) is 4.96. The molecule has 0 amide bonds. The molecule has 0 saturated heterocycles. The van der Waals surface area contributed by atoms with E-state index in [2.05, 4.69) is 20.8 Å². The molecule has 0 bridgehead atoms. The van der Waals surface area contributed by atoms with E-state index in [1.165, 1.54) is 12.8 Å². The van der Waals surface area contributed by atoms with Gasteiger partial charge in [-0.3, -0.25) is 4.79 Å². The summed E-state index contributed by atoms with van der Waals surface area (Å²) in [5.74, 6) is 1.16. The third-order valence-corrected chi connectivity index (χ3v) is 4.16. The number of hydrogen-bond donors (Lipinski definition) is 0. The van der Waals surface area contributed by atoms with Gasteiger partial charge < -0.3 is 0 Å². The lowest BCUT2D eigenvalue weighted by molar-refractivity contribution is -0.118. The molecule has 1 heteroatoms. The molecular weight excluding hydrogens is 148 g/mol. The summed E-state index contributed by atoms with van der Waals surface area (Å²) in [6.07, 6.45) is 4.27. The summed E-state index contributed by atoms with van der Waals surface area (Å²) in [6, 6.07) is 0. The molecule has 0 spiro atoms. The van der Waals surface area contributed by atoms with Gasteiger partial charge in [0, 0.05) is 12.8 Å². The van der Waals surface area contributed by atoms with Gasteiger partial charge in [-0.2, -0.15) is 0 Å². The van der Waals surface area contributed by atoms with E-state index in [9.17, 15) is 4.79 Å². The van der Waals surface area contributed by atoms with Crippen LogP contribution >= 0.6 is 0 Å². The molecule has 0 aromatic rings. The molecular formula is C11H18O. The normalized spacial score (nSPS) is 44.9. The third-order valence-electron chi connectivity index (χ3n) is 4.16. The fourth-order valence-electron chi connectivity index (χ4n) is 3.38. The molecule has 2 atom stereocenters. The highest BCUT2D eigenvalue weighted by Gasteiger charge is 2.54. The van der Waals surface area contributed by atoms with Crippen LogP contribution in [0.1, 0.15) is 46.5 Å². The van der Waals surface area contributed by atoms with Crippen molar-refractivity contribution in [2.24, 2.45) is 16.7 Å². The molecule has 2 saturated carbocycles. The largest absolute Gasteiger partial charge is 0.300 e. The van der Waals surface area contributed by atoms with Crippen molar-refractivity contribution in [3.05, 3.63) is 0 Å². The lowest BCUT2D eigenvalue weighted by Gasteiger charge is -2.30. The van der Waals surface area contributed by atoms with Crippen LogP contribution in [0.5, 0.6) is 0 Å². The Morgan fingerprint density at radius 3 is 2.50 bits per heavy atom. The second-order valence-electron chi connectivity index (χ2n) is 5.61. The minimum absolute atomic E-state index is 0.362. The number of carbonyl (C=O) groups excluding carboxylic acids is 1. The maximum atomic E-state index is 11.3. The number of fused-ring (bicyclic) bond motifs is 1. The highest BCUT2D eigenvalue weighted by Crippen LogP contribution is 2.60. The minimum Gasteiger partial charge on any atom is -0.300 e. The summed E-state index contributed by atoms with van der Waals surface area (Å²) in [5.41, 5.74) is 0.779. The SMILES string of the molecule is CC1(C)CC[C@]2(C)CC(=O)C[C@H]12. The molecule has 2 aliphatic rings. The monoisotopic (exact) mass is 166 g/mol. The van der Waals surface area contributed by atoms with Crippen LogP contribution in [-0.4, -0.2) is 5.78 Å². The van der Waals surface area contributed by atoms with Crippen molar-refractivity contribution in [1.82, 2.24) is 0 Å². The third kappa shape index (κ3) is 0.949. The van der Waals surface area contributed by atoms with Gasteiger partial charge in [0.05, 0.1) is 0 Å². The molecule has 0 aromatic carbocycles. The zero-order valence-electron chi connectivity index (χ0n) is 8.31. The van der Waals surface area contributed by atoms with Gasteiger partial charge in [0.1, 0.15) is 5.78 Å². The molecule has 0 aliphatic heterocycles. The molecule has 12 heavy (non-hydrogen) atoms. The molecule has 0 aromatic heterocycles. The van der Waals surface area contributed by atoms with Crippen LogP contribution in [0.4, 0.5) is 0 Å². The Bertz CT molecular complexity index is 229. The molecule has 2 aliphatic carbocycles. The van der Waals surface area contributed by atoms with Crippen LogP contribution in [0, 0.1) is 16.7 Å². The number of hydrogen-bond acceptors (Lipinski definition) is 1.